The Labute approximate surface area is 597 Å². The van der Waals surface area contributed by atoms with E-state index in [0.717, 1.165) is 98.1 Å². The van der Waals surface area contributed by atoms with Crippen LogP contribution < -0.4 is 32.3 Å². The molecule has 2 aliphatic carbocycles. The van der Waals surface area contributed by atoms with Gasteiger partial charge in [0.1, 0.15) is 18.1 Å². The number of hydroxylamine groups is 2. The van der Waals surface area contributed by atoms with Crippen molar-refractivity contribution in [2.45, 2.75) is 147 Å². The van der Waals surface area contributed by atoms with Crippen LogP contribution in [0.1, 0.15) is 104 Å². The summed E-state index contributed by atoms with van der Waals surface area (Å²) >= 11 is 0. The number of piperazine rings is 3. The molecule has 6 aliphatic rings. The molecule has 31 heteroatoms. The summed E-state index contributed by atoms with van der Waals surface area (Å²) in [5, 5.41) is 36.0. The van der Waals surface area contributed by atoms with Gasteiger partial charge in [0, 0.05) is 152 Å². The number of carbonyl (C=O) groups is 6. The molecule has 0 bridgehead atoms. The van der Waals surface area contributed by atoms with Crippen molar-refractivity contribution in [3.63, 3.8) is 0 Å². The number of hydrogen-bond donors (Lipinski definition) is 7. The van der Waals surface area contributed by atoms with Crippen LogP contribution in [-0.4, -0.2) is 217 Å². The first-order valence-electron chi connectivity index (χ1n) is 35.3. The van der Waals surface area contributed by atoms with Crippen molar-refractivity contribution in [2.75, 3.05) is 78.5 Å². The Morgan fingerprint density at radius 3 is 1.63 bits per heavy atom. The molecule has 1 radical (unpaired) electrons. The number of nitrogens with one attached hydrogen (secondary N) is 5. The average molecular weight is 1390 g/mol. The Morgan fingerprint density at radius 1 is 0.676 bits per heavy atom. The number of benzene rings is 3. The molecule has 6 aromatic rings. The first-order valence-corrected chi connectivity index (χ1v) is 35.3. The van der Waals surface area contributed by atoms with Crippen LogP contribution in [0.4, 0.5) is 25.8 Å². The fourth-order valence-corrected chi connectivity index (χ4v) is 13.2. The molecule has 7 heterocycles. The van der Waals surface area contributed by atoms with Gasteiger partial charge in [0.05, 0.1) is 50.3 Å². The molecule has 4 saturated heterocycles. The highest BCUT2D eigenvalue weighted by molar-refractivity contribution is 6.45. The van der Waals surface area contributed by atoms with Crippen molar-refractivity contribution in [1.82, 2.24) is 79.8 Å². The van der Waals surface area contributed by atoms with Gasteiger partial charge in [0.25, 0.3) is 0 Å². The molecule has 537 valence electrons. The topological polar surface area (TPSA) is 329 Å². The van der Waals surface area contributed by atoms with Crippen molar-refractivity contribution >= 4 is 61.8 Å². The van der Waals surface area contributed by atoms with E-state index in [2.05, 4.69) is 66.6 Å². The lowest BCUT2D eigenvalue weighted by Gasteiger charge is -2.41. The predicted octanol–water partition coefficient (Wildman–Crippen LogP) is 5.29. The lowest BCUT2D eigenvalue weighted by molar-refractivity contribution is -0.142. The molecule has 8 N–H and O–H groups in total. The predicted molar refractivity (Wildman–Crippen MR) is 383 cm³/mol. The minimum atomic E-state index is -0.683. The lowest BCUT2D eigenvalue weighted by Crippen LogP contribution is -2.65. The Hall–Kier alpha value is -9.93. The molecule has 6 fully saturated rings. The first-order chi connectivity index (χ1) is 49.6. The number of amides is 7. The van der Waals surface area contributed by atoms with Gasteiger partial charge in [0.15, 0.2) is 11.4 Å². The zero-order valence-corrected chi connectivity index (χ0v) is 58.3. The van der Waals surface area contributed by atoms with Crippen LogP contribution in [0.15, 0.2) is 110 Å². The number of urea groups is 2. The van der Waals surface area contributed by atoms with Gasteiger partial charge in [-0.3, -0.25) is 14.5 Å². The molecule has 3 atom stereocenters. The van der Waals surface area contributed by atoms with E-state index in [0.29, 0.717) is 121 Å². The number of nitriles is 1. The maximum absolute atomic E-state index is 13.3. The van der Waals surface area contributed by atoms with E-state index in [9.17, 15) is 33.8 Å². The van der Waals surface area contributed by atoms with Crippen molar-refractivity contribution in [1.29, 1.82) is 5.26 Å². The van der Waals surface area contributed by atoms with Gasteiger partial charge in [-0.05, 0) is 67.9 Å². The minimum Gasteiger partial charge on any atom is -0.437 e. The van der Waals surface area contributed by atoms with Gasteiger partial charge in [-0.2, -0.15) is 5.26 Å². The summed E-state index contributed by atoms with van der Waals surface area (Å²) in [7, 11) is 0.856. The SMILES string of the molecule is C[B]ON1CCN2C(=O)OC(=O)[C@H]2C1.N#Cc1ccc(Cn2cncc2CCN)cc1.[C-]#[N+]c1ccc(Cn2cncc2CCNC(=O)[C@H]2CN(B(C)O)CCN2C(=O)NC2CCCCC2)cc1.[C-]#[N+]c1ccc(Cn2cncc2CCNC(=O)[C@H]2CNCCN2C(=O)NC2CCCCC2)cc1. The third kappa shape index (κ3) is 22.3. The Kier molecular flexibility index (Phi) is 29.4. The number of rotatable bonds is 21. The van der Waals surface area contributed by atoms with E-state index < -0.39 is 37.2 Å². The number of hydrogen-bond acceptors (Lipinski definition) is 17. The molecule has 3 aromatic heterocycles. The molecule has 7 amide bonds. The number of ether oxygens (including phenoxy) is 1. The maximum Gasteiger partial charge on any atom is 0.418 e. The maximum atomic E-state index is 13.3. The van der Waals surface area contributed by atoms with Gasteiger partial charge in [-0.25, -0.2) is 48.9 Å². The van der Waals surface area contributed by atoms with Gasteiger partial charge in [-0.15, -0.1) is 0 Å². The molecule has 2 saturated carbocycles. The fourth-order valence-electron chi connectivity index (χ4n) is 13.2. The summed E-state index contributed by atoms with van der Waals surface area (Å²) < 4.78 is 15.8. The number of cyclic esters (lactones) is 2. The normalized spacial score (nSPS) is 18.5. The van der Waals surface area contributed by atoms with Crippen LogP contribution in [0, 0.1) is 24.5 Å². The molecular formula is C71H93B2N20O9. The molecule has 102 heavy (non-hydrogen) atoms. The molecule has 0 spiro atoms. The van der Waals surface area contributed by atoms with Gasteiger partial charge < -0.3 is 75.1 Å². The van der Waals surface area contributed by atoms with E-state index in [4.69, 9.17) is 28.9 Å². The standard InChI is InChI=1S/C26H36BN7O3.C25H33N7O2.C13H14N4.C7H10BN2O4/c1-27(37)33-14-15-34(26(36)31-22-6-4-3-5-7-22)24(18-33)25(35)30-13-12-23-16-29-19-32(23)17-20-8-10-21(28-2)11-9-20;1-26-20-9-7-19(8-10-20)17-31-18-28-15-22(31)11-12-29-24(33)23-16-27-13-14-32(23)25(34)30-21-5-3-2-4-6-21;14-6-5-13-8-16-10-17(13)9-12-3-1-11(7-15)2-4-12;1-8-14-9-2-3-10-5(4-9)6(11)13-7(10)12/h8-11,16,19,22,24,37H,3-7,12-15,17-18H2,1H3,(H,30,35)(H,31,36);7-10,15,18,21,23,27H,2-6,11-14,16-17H2,(H,29,33)(H,30,34);1-4,8,10H,5-6,9,14H2;5H,2-4H2,1H3/t24-;23-;;5-/m11.1/s1. The first kappa shape index (κ1) is 76.3. The van der Waals surface area contributed by atoms with Crippen molar-refractivity contribution in [3.05, 3.63) is 173 Å². The summed E-state index contributed by atoms with van der Waals surface area (Å²) in [5.41, 5.74) is 13.9. The highest BCUT2D eigenvalue weighted by Gasteiger charge is 2.45. The number of nitrogens with two attached hydrogens (primary N) is 1. The van der Waals surface area contributed by atoms with E-state index in [1.807, 2.05) is 93.3 Å². The smallest absolute Gasteiger partial charge is 0.418 e. The van der Waals surface area contributed by atoms with Crippen LogP contribution in [0.2, 0.25) is 13.6 Å². The van der Waals surface area contributed by atoms with Crippen LogP contribution in [0.25, 0.3) is 9.69 Å². The number of esters is 1. The fraction of sp³-hybridized carbons (Fsp3) is 0.493. The summed E-state index contributed by atoms with van der Waals surface area (Å²) in [4.78, 5) is 101. The summed E-state index contributed by atoms with van der Waals surface area (Å²) in [6, 6.07) is 23.1. The number of fused-ring (bicyclic) bond motifs is 1. The number of imidazole rings is 3. The molecule has 0 unspecified atom stereocenters. The largest absolute Gasteiger partial charge is 0.437 e. The van der Waals surface area contributed by atoms with E-state index in [1.54, 1.807) is 59.5 Å². The number of nitrogens with zero attached hydrogens (tertiary/aromatic N) is 14. The zero-order valence-electron chi connectivity index (χ0n) is 58.3. The second-order valence-electron chi connectivity index (χ2n) is 26.0. The van der Waals surface area contributed by atoms with Crippen molar-refractivity contribution < 1.29 is 43.3 Å². The third-order valence-corrected chi connectivity index (χ3v) is 18.9. The van der Waals surface area contributed by atoms with E-state index in [-0.39, 0.29) is 36.0 Å². The second-order valence-corrected chi connectivity index (χ2v) is 26.0. The molecule has 12 rings (SSSR count). The average Bonchev–Trinajstić information content (AvgIpc) is 1.53. The van der Waals surface area contributed by atoms with Crippen LogP contribution in [-0.2, 0) is 62.8 Å². The van der Waals surface area contributed by atoms with Gasteiger partial charge >= 0.3 is 38.7 Å². The lowest BCUT2D eigenvalue weighted by atomic mass is 9.83. The van der Waals surface area contributed by atoms with Gasteiger partial charge in [0.2, 0.25) is 11.8 Å². The highest BCUT2D eigenvalue weighted by atomic mass is 16.6. The summed E-state index contributed by atoms with van der Waals surface area (Å²) in [6.07, 6.45) is 23.3. The molecule has 4 aliphatic heterocycles. The Bertz CT molecular complexity index is 3820. The van der Waals surface area contributed by atoms with Crippen LogP contribution >= 0.6 is 0 Å². The monoisotopic (exact) mass is 1390 g/mol. The van der Waals surface area contributed by atoms with Gasteiger partial charge in [-0.1, -0.05) is 106 Å². The van der Waals surface area contributed by atoms with E-state index >= 15 is 0 Å². The Morgan fingerprint density at radius 2 is 1.16 bits per heavy atom. The van der Waals surface area contributed by atoms with Crippen molar-refractivity contribution in [3.8, 4) is 6.07 Å². The summed E-state index contributed by atoms with van der Waals surface area (Å²) in [6.45, 7) is 25.4. The number of aromatic nitrogens is 6. The Balaban J connectivity index is 0.000000170. The summed E-state index contributed by atoms with van der Waals surface area (Å²) in [5.74, 6) is -0.837. The molecule has 29 nitrogen and oxygen atoms in total. The highest BCUT2D eigenvalue weighted by Crippen LogP contribution is 2.23. The quantitative estimate of drug-likeness (QED) is 0.0208. The van der Waals surface area contributed by atoms with Crippen molar-refractivity contribution in [2.24, 2.45) is 5.73 Å². The minimum absolute atomic E-state index is 0.129. The molecular weight excluding hydrogens is 1300 g/mol. The van der Waals surface area contributed by atoms with E-state index in [1.165, 1.54) is 25.2 Å². The van der Waals surface area contributed by atoms with Crippen LogP contribution in [0.3, 0.4) is 0 Å². The van der Waals surface area contributed by atoms with Crippen LogP contribution in [0.5, 0.6) is 0 Å². The second kappa shape index (κ2) is 39.3. The zero-order chi connectivity index (χ0) is 72.2. The molecule has 3 aromatic carbocycles. The number of carbonyl (C=O) groups excluding carboxylic acids is 6. The third-order valence-electron chi connectivity index (χ3n) is 18.9.